The van der Waals surface area contributed by atoms with E-state index < -0.39 is 14.6 Å². The molecule has 0 bridgehead atoms. The topological polar surface area (TPSA) is 94.6 Å². The van der Waals surface area contributed by atoms with Gasteiger partial charge in [0.25, 0.3) is 5.91 Å². The molecule has 0 saturated heterocycles. The van der Waals surface area contributed by atoms with Crippen LogP contribution in [0.25, 0.3) is 10.1 Å². The molecular formula is C25H20Cl2N2O5S2. The lowest BCUT2D eigenvalue weighted by atomic mass is 9.93. The Labute approximate surface area is 221 Å². The summed E-state index contributed by atoms with van der Waals surface area (Å²) in [5.74, 6) is 0.908. The molecule has 1 aliphatic rings. The van der Waals surface area contributed by atoms with Crippen LogP contribution in [0, 0.1) is 0 Å². The van der Waals surface area contributed by atoms with Gasteiger partial charge in [0.2, 0.25) is 5.88 Å². The second-order valence-corrected chi connectivity index (χ2v) is 13.0. The molecule has 1 aliphatic heterocycles. The zero-order valence-corrected chi connectivity index (χ0v) is 22.3. The average molecular weight is 563 g/mol. The third-order valence-electron chi connectivity index (χ3n) is 6.13. The predicted octanol–water partition coefficient (Wildman–Crippen LogP) is 6.69. The third kappa shape index (κ3) is 4.76. The highest BCUT2D eigenvalue weighted by molar-refractivity contribution is 7.91. The average Bonchev–Trinajstić information content (AvgIpc) is 3.22. The summed E-state index contributed by atoms with van der Waals surface area (Å²) in [6, 6.07) is 15.2. The van der Waals surface area contributed by atoms with Crippen molar-refractivity contribution in [3.8, 4) is 17.4 Å². The Bertz CT molecular complexity index is 1600. The van der Waals surface area contributed by atoms with Gasteiger partial charge in [-0.15, -0.1) is 11.3 Å². The van der Waals surface area contributed by atoms with Crippen LogP contribution in [-0.2, 0) is 14.6 Å². The lowest BCUT2D eigenvalue weighted by Crippen LogP contribution is -2.37. The molecule has 0 unspecified atom stereocenters. The van der Waals surface area contributed by atoms with Gasteiger partial charge in [-0.2, -0.15) is 0 Å². The van der Waals surface area contributed by atoms with Crippen LogP contribution in [0.15, 0.2) is 54.6 Å². The molecule has 186 valence electrons. The van der Waals surface area contributed by atoms with Crippen LogP contribution in [0.3, 0.4) is 0 Å². The molecule has 4 aromatic rings. The molecule has 1 N–H and O–H groups in total. The molecule has 5 rings (SSSR count). The van der Waals surface area contributed by atoms with Crippen LogP contribution in [0.5, 0.6) is 17.4 Å². The molecule has 0 aliphatic carbocycles. The number of ether oxygens (including phenoxy) is 2. The van der Waals surface area contributed by atoms with Gasteiger partial charge in [0.1, 0.15) is 21.4 Å². The molecule has 0 saturated carbocycles. The molecule has 3 heterocycles. The molecule has 11 heteroatoms. The van der Waals surface area contributed by atoms with Crippen molar-refractivity contribution in [3.63, 3.8) is 0 Å². The number of anilines is 1. The van der Waals surface area contributed by atoms with E-state index in [-0.39, 0.29) is 16.9 Å². The lowest BCUT2D eigenvalue weighted by molar-refractivity contribution is 0.103. The summed E-state index contributed by atoms with van der Waals surface area (Å²) >= 11 is 13.3. The fourth-order valence-corrected chi connectivity index (χ4v) is 6.31. The van der Waals surface area contributed by atoms with Crippen LogP contribution in [0.4, 0.5) is 5.69 Å². The van der Waals surface area contributed by atoms with Crippen molar-refractivity contribution in [2.45, 2.75) is 18.1 Å². The molecule has 0 fully saturated rings. The van der Waals surface area contributed by atoms with E-state index >= 15 is 0 Å². The highest BCUT2D eigenvalue weighted by Crippen LogP contribution is 2.45. The first-order valence-corrected chi connectivity index (χ1v) is 14.3. The number of pyridine rings is 1. The van der Waals surface area contributed by atoms with Gasteiger partial charge in [-0.3, -0.25) is 4.79 Å². The molecule has 2 aromatic heterocycles. The first kappa shape index (κ1) is 24.8. The monoisotopic (exact) mass is 562 g/mol. The summed E-state index contributed by atoms with van der Waals surface area (Å²) in [5.41, 5.74) is 1.02. The van der Waals surface area contributed by atoms with Crippen LogP contribution in [0.1, 0.15) is 28.6 Å². The number of fused-ring (bicyclic) bond motifs is 2. The van der Waals surface area contributed by atoms with Crippen LogP contribution in [-0.4, -0.2) is 32.2 Å². The molecule has 7 nitrogen and oxygen atoms in total. The summed E-state index contributed by atoms with van der Waals surface area (Å²) in [5, 5.41) is 4.32. The summed E-state index contributed by atoms with van der Waals surface area (Å²) in [4.78, 5) is 17.7. The number of benzene rings is 2. The highest BCUT2D eigenvalue weighted by atomic mass is 35.5. The molecular weight excluding hydrogens is 543 g/mol. The first-order chi connectivity index (χ1) is 17.0. The second-order valence-electron chi connectivity index (χ2n) is 8.63. The Kier molecular flexibility index (Phi) is 6.36. The van der Waals surface area contributed by atoms with E-state index in [1.54, 1.807) is 55.5 Å². The minimum absolute atomic E-state index is 0.151. The first-order valence-electron chi connectivity index (χ1n) is 10.8. The van der Waals surface area contributed by atoms with Crippen LogP contribution < -0.4 is 14.8 Å². The van der Waals surface area contributed by atoms with Gasteiger partial charge in [-0.1, -0.05) is 23.2 Å². The van der Waals surface area contributed by atoms with Gasteiger partial charge >= 0.3 is 0 Å². The maximum absolute atomic E-state index is 13.1. The number of carbonyl (C=O) groups is 1. The fourth-order valence-electron chi connectivity index (χ4n) is 4.00. The lowest BCUT2D eigenvalue weighted by Gasteiger charge is -2.34. The van der Waals surface area contributed by atoms with Gasteiger partial charge in [-0.25, -0.2) is 13.4 Å². The largest absolute Gasteiger partial charge is 0.493 e. The number of nitrogens with one attached hydrogen (secondary N) is 1. The number of thiophene rings is 1. The zero-order chi connectivity index (χ0) is 25.7. The summed E-state index contributed by atoms with van der Waals surface area (Å²) < 4.78 is 36.4. The van der Waals surface area contributed by atoms with E-state index in [0.717, 1.165) is 10.1 Å². The van der Waals surface area contributed by atoms with E-state index in [9.17, 15) is 13.2 Å². The zero-order valence-electron chi connectivity index (χ0n) is 19.2. The van der Waals surface area contributed by atoms with E-state index in [1.807, 2.05) is 0 Å². The number of sulfone groups is 1. The van der Waals surface area contributed by atoms with Crippen molar-refractivity contribution >= 4 is 66.1 Å². The standard InChI is InChI=1S/C25H20Cl2N2O5S2/c1-25(36(2,31)32)7-8-33-19-13-20-14(9-18(19)25)10-21(35-20)24(30)28-16-11-22(27)29-23(12-16)34-17-5-3-15(26)4-6-17/h3-6,9-13H,7-8H2,1-2H3,(H,28,29,30)/t25-/m0/s1. The van der Waals surface area contributed by atoms with E-state index in [1.165, 1.54) is 23.7 Å². The number of nitrogens with zero attached hydrogens (tertiary/aromatic N) is 1. The maximum atomic E-state index is 13.1. The van der Waals surface area contributed by atoms with Crippen molar-refractivity contribution < 1.29 is 22.7 Å². The molecule has 2 aromatic carbocycles. The van der Waals surface area contributed by atoms with Crippen molar-refractivity contribution in [1.82, 2.24) is 4.98 Å². The van der Waals surface area contributed by atoms with Crippen LogP contribution in [0.2, 0.25) is 10.2 Å². The summed E-state index contributed by atoms with van der Waals surface area (Å²) in [6.45, 7) is 2.02. The molecule has 1 amide bonds. The Hall–Kier alpha value is -2.85. The smallest absolute Gasteiger partial charge is 0.265 e. The Balaban J connectivity index is 1.42. The minimum Gasteiger partial charge on any atom is -0.493 e. The third-order valence-corrected chi connectivity index (χ3v) is 9.73. The fraction of sp³-hybridized carbons (Fsp3) is 0.200. The number of carbonyl (C=O) groups excluding carboxylic acids is 1. The minimum atomic E-state index is -3.38. The summed E-state index contributed by atoms with van der Waals surface area (Å²) in [7, 11) is -3.38. The van der Waals surface area contributed by atoms with E-state index in [4.69, 9.17) is 32.7 Å². The summed E-state index contributed by atoms with van der Waals surface area (Å²) in [6.07, 6.45) is 1.61. The normalized spacial score (nSPS) is 17.3. The maximum Gasteiger partial charge on any atom is 0.265 e. The number of halogens is 2. The van der Waals surface area contributed by atoms with Gasteiger partial charge in [0.15, 0.2) is 9.84 Å². The number of hydrogen-bond acceptors (Lipinski definition) is 7. The number of amides is 1. The molecule has 0 radical (unpaired) electrons. The number of aromatic nitrogens is 1. The highest BCUT2D eigenvalue weighted by Gasteiger charge is 2.42. The van der Waals surface area contributed by atoms with Gasteiger partial charge in [0, 0.05) is 39.7 Å². The quantitative estimate of drug-likeness (QED) is 0.272. The van der Waals surface area contributed by atoms with Gasteiger partial charge in [0.05, 0.1) is 11.5 Å². The van der Waals surface area contributed by atoms with E-state index in [2.05, 4.69) is 10.3 Å². The predicted molar refractivity (Wildman–Crippen MR) is 143 cm³/mol. The van der Waals surface area contributed by atoms with Crippen molar-refractivity contribution in [2.24, 2.45) is 0 Å². The number of rotatable bonds is 5. The Morgan fingerprint density at radius 3 is 2.61 bits per heavy atom. The molecule has 1 atom stereocenters. The van der Waals surface area contributed by atoms with Crippen molar-refractivity contribution in [2.75, 3.05) is 18.2 Å². The van der Waals surface area contributed by atoms with E-state index in [0.29, 0.717) is 45.7 Å². The Morgan fingerprint density at radius 2 is 1.89 bits per heavy atom. The Morgan fingerprint density at radius 1 is 1.14 bits per heavy atom. The van der Waals surface area contributed by atoms with Crippen LogP contribution >= 0.6 is 34.5 Å². The molecule has 36 heavy (non-hydrogen) atoms. The second kappa shape index (κ2) is 9.23. The van der Waals surface area contributed by atoms with Crippen molar-refractivity contribution in [3.05, 3.63) is 75.2 Å². The molecule has 0 spiro atoms. The van der Waals surface area contributed by atoms with Crippen molar-refractivity contribution in [1.29, 1.82) is 0 Å². The SMILES string of the molecule is C[C@]1(S(C)(=O)=O)CCOc2cc3sc(C(=O)Nc4cc(Cl)nc(Oc5ccc(Cl)cc5)c4)cc3cc21. The van der Waals surface area contributed by atoms with Gasteiger partial charge in [-0.05, 0) is 60.8 Å². The number of hydrogen-bond donors (Lipinski definition) is 1. The van der Waals surface area contributed by atoms with Gasteiger partial charge < -0.3 is 14.8 Å².